The summed E-state index contributed by atoms with van der Waals surface area (Å²) in [5.74, 6) is 0.532. The minimum absolute atomic E-state index is 0.337. The van der Waals surface area contributed by atoms with Crippen molar-refractivity contribution in [1.29, 1.82) is 0 Å². The van der Waals surface area contributed by atoms with E-state index in [2.05, 4.69) is 18.3 Å². The van der Waals surface area contributed by atoms with Gasteiger partial charge in [-0.25, -0.2) is 0 Å². The Hall–Kier alpha value is -1.55. The zero-order chi connectivity index (χ0) is 13.7. The molecule has 3 N–H and O–H groups in total. The van der Waals surface area contributed by atoms with Crippen LogP contribution in [0.25, 0.3) is 0 Å². The lowest BCUT2D eigenvalue weighted by atomic mass is 10.1. The molecule has 4 heteroatoms. The van der Waals surface area contributed by atoms with Crippen LogP contribution in [-0.2, 0) is 4.79 Å². The number of amides is 1. The van der Waals surface area contributed by atoms with Crippen LogP contribution in [0.15, 0.2) is 12.1 Å². The Morgan fingerprint density at radius 1 is 1.39 bits per heavy atom. The zero-order valence-corrected chi connectivity index (χ0v) is 11.5. The van der Waals surface area contributed by atoms with E-state index in [1.54, 1.807) is 7.05 Å². The number of rotatable bonds is 6. The van der Waals surface area contributed by atoms with Crippen LogP contribution in [0.5, 0.6) is 5.75 Å². The maximum atomic E-state index is 11.1. The molecule has 0 saturated carbocycles. The number of hydrogen-bond donors (Lipinski definition) is 2. The molecule has 1 aromatic rings. The molecule has 0 fully saturated rings. The number of ether oxygens (including phenoxy) is 1. The van der Waals surface area contributed by atoms with Crippen molar-refractivity contribution in [2.45, 2.75) is 33.2 Å². The maximum absolute atomic E-state index is 11.1. The molecule has 4 nitrogen and oxygen atoms in total. The quantitative estimate of drug-likeness (QED) is 0.803. The van der Waals surface area contributed by atoms with Crippen LogP contribution in [0, 0.1) is 20.8 Å². The normalized spacial score (nSPS) is 12.2. The van der Waals surface area contributed by atoms with Crippen molar-refractivity contribution in [3.8, 4) is 5.75 Å². The van der Waals surface area contributed by atoms with Gasteiger partial charge in [0.2, 0.25) is 5.91 Å². The number of nitrogens with two attached hydrogens (primary N) is 1. The number of benzene rings is 1. The van der Waals surface area contributed by atoms with E-state index in [1.165, 1.54) is 11.1 Å². The molecule has 1 amide bonds. The second-order valence-corrected chi connectivity index (χ2v) is 4.59. The summed E-state index contributed by atoms with van der Waals surface area (Å²) in [6.07, 6.45) is 0.568. The van der Waals surface area contributed by atoms with E-state index in [1.807, 2.05) is 19.9 Å². The Bertz CT molecular complexity index is 430. The summed E-state index contributed by atoms with van der Waals surface area (Å²) >= 11 is 0. The highest BCUT2D eigenvalue weighted by molar-refractivity contribution is 5.79. The molecule has 0 radical (unpaired) electrons. The fourth-order valence-electron chi connectivity index (χ4n) is 1.87. The van der Waals surface area contributed by atoms with Crippen molar-refractivity contribution in [3.63, 3.8) is 0 Å². The molecule has 0 aliphatic rings. The molecule has 0 aromatic heterocycles. The molecule has 1 unspecified atom stereocenters. The van der Waals surface area contributed by atoms with Gasteiger partial charge in [-0.2, -0.15) is 0 Å². The summed E-state index contributed by atoms with van der Waals surface area (Å²) in [7, 11) is 1.72. The summed E-state index contributed by atoms with van der Waals surface area (Å²) in [5, 5.41) is 2.87. The molecule has 0 saturated heterocycles. The maximum Gasteiger partial charge on any atom is 0.234 e. The zero-order valence-electron chi connectivity index (χ0n) is 11.5. The van der Waals surface area contributed by atoms with Gasteiger partial charge in [-0.05, 0) is 50.6 Å². The van der Waals surface area contributed by atoms with E-state index < -0.39 is 0 Å². The molecule has 1 rings (SSSR count). The molecular formula is C14H22N2O2. The average Bonchev–Trinajstić information content (AvgIpc) is 2.30. The average molecular weight is 250 g/mol. The summed E-state index contributed by atoms with van der Waals surface area (Å²) in [5.41, 5.74) is 8.77. The highest BCUT2D eigenvalue weighted by atomic mass is 16.5. The Kier molecular flexibility index (Phi) is 5.16. The van der Waals surface area contributed by atoms with Gasteiger partial charge in [0.15, 0.2) is 0 Å². The van der Waals surface area contributed by atoms with Crippen LogP contribution < -0.4 is 15.8 Å². The molecule has 0 aliphatic heterocycles. The molecule has 1 atom stereocenters. The van der Waals surface area contributed by atoms with E-state index in [0.717, 1.165) is 11.3 Å². The lowest BCUT2D eigenvalue weighted by molar-refractivity contribution is -0.120. The fourth-order valence-corrected chi connectivity index (χ4v) is 1.87. The molecule has 100 valence electrons. The summed E-state index contributed by atoms with van der Waals surface area (Å²) in [6.45, 7) is 6.61. The number of carbonyl (C=O) groups is 1. The Labute approximate surface area is 109 Å². The predicted molar refractivity (Wildman–Crippen MR) is 72.8 cm³/mol. The van der Waals surface area contributed by atoms with Gasteiger partial charge in [0, 0.05) is 6.42 Å². The van der Waals surface area contributed by atoms with Gasteiger partial charge in [-0.15, -0.1) is 0 Å². The standard InChI is InChI=1S/C14H22N2O2/c1-9-7-10(2)11(3)13(8-9)18-6-5-12(16-4)14(15)17/h7-8,12,16H,5-6H2,1-4H3,(H2,15,17). The number of nitrogens with one attached hydrogen (secondary N) is 1. The van der Waals surface area contributed by atoms with Gasteiger partial charge < -0.3 is 15.8 Å². The first-order valence-corrected chi connectivity index (χ1v) is 6.13. The van der Waals surface area contributed by atoms with Crippen molar-refractivity contribution in [2.24, 2.45) is 5.73 Å². The van der Waals surface area contributed by atoms with E-state index in [0.29, 0.717) is 13.0 Å². The summed E-state index contributed by atoms with van der Waals surface area (Å²) in [4.78, 5) is 11.1. The first-order valence-electron chi connectivity index (χ1n) is 6.13. The van der Waals surface area contributed by atoms with Gasteiger partial charge in [0.25, 0.3) is 0 Å². The number of likely N-dealkylation sites (N-methyl/N-ethyl adjacent to an activating group) is 1. The second-order valence-electron chi connectivity index (χ2n) is 4.59. The topological polar surface area (TPSA) is 64.3 Å². The predicted octanol–water partition coefficient (Wildman–Crippen LogP) is 1.45. The van der Waals surface area contributed by atoms with E-state index in [4.69, 9.17) is 10.5 Å². The first kappa shape index (κ1) is 14.5. The van der Waals surface area contributed by atoms with E-state index in [9.17, 15) is 4.79 Å². The van der Waals surface area contributed by atoms with Gasteiger partial charge in [-0.1, -0.05) is 6.07 Å². The van der Waals surface area contributed by atoms with E-state index >= 15 is 0 Å². The van der Waals surface area contributed by atoms with E-state index in [-0.39, 0.29) is 11.9 Å². The fraction of sp³-hybridized carbons (Fsp3) is 0.500. The third kappa shape index (κ3) is 3.74. The first-order chi connectivity index (χ1) is 8.45. The van der Waals surface area contributed by atoms with Crippen molar-refractivity contribution >= 4 is 5.91 Å². The van der Waals surface area contributed by atoms with Crippen molar-refractivity contribution < 1.29 is 9.53 Å². The second kappa shape index (κ2) is 6.40. The number of primary amides is 1. The SMILES string of the molecule is CNC(CCOc1cc(C)cc(C)c1C)C(N)=O. The smallest absolute Gasteiger partial charge is 0.234 e. The molecule has 0 spiro atoms. The Balaban J connectivity index is 2.61. The van der Waals surface area contributed by atoms with Crippen LogP contribution >= 0.6 is 0 Å². The van der Waals surface area contributed by atoms with Gasteiger partial charge in [0.1, 0.15) is 5.75 Å². The molecule has 0 aliphatic carbocycles. The minimum atomic E-state index is -0.349. The Morgan fingerprint density at radius 3 is 2.61 bits per heavy atom. The van der Waals surface area contributed by atoms with Crippen LogP contribution in [0.4, 0.5) is 0 Å². The summed E-state index contributed by atoms with van der Waals surface area (Å²) < 4.78 is 5.73. The van der Waals surface area contributed by atoms with Crippen molar-refractivity contribution in [3.05, 3.63) is 28.8 Å². The molecule has 0 bridgehead atoms. The van der Waals surface area contributed by atoms with Gasteiger partial charge >= 0.3 is 0 Å². The third-order valence-electron chi connectivity index (χ3n) is 3.12. The third-order valence-corrected chi connectivity index (χ3v) is 3.12. The molecular weight excluding hydrogens is 228 g/mol. The highest BCUT2D eigenvalue weighted by Crippen LogP contribution is 2.23. The highest BCUT2D eigenvalue weighted by Gasteiger charge is 2.12. The van der Waals surface area contributed by atoms with Gasteiger partial charge in [0.05, 0.1) is 12.6 Å². The molecule has 1 aromatic carbocycles. The van der Waals surface area contributed by atoms with Crippen LogP contribution in [0.3, 0.4) is 0 Å². The number of aryl methyl sites for hydroxylation is 2. The van der Waals surface area contributed by atoms with Crippen molar-refractivity contribution in [2.75, 3.05) is 13.7 Å². The lowest BCUT2D eigenvalue weighted by Gasteiger charge is -2.15. The lowest BCUT2D eigenvalue weighted by Crippen LogP contribution is -2.40. The molecule has 18 heavy (non-hydrogen) atoms. The molecule has 0 heterocycles. The minimum Gasteiger partial charge on any atom is -0.493 e. The summed E-state index contributed by atoms with van der Waals surface area (Å²) in [6, 6.07) is 3.81. The number of carbonyl (C=O) groups excluding carboxylic acids is 1. The number of hydrogen-bond acceptors (Lipinski definition) is 3. The van der Waals surface area contributed by atoms with Crippen LogP contribution in [0.1, 0.15) is 23.1 Å². The van der Waals surface area contributed by atoms with Gasteiger partial charge in [-0.3, -0.25) is 4.79 Å². The van der Waals surface area contributed by atoms with Crippen LogP contribution in [0.2, 0.25) is 0 Å². The Morgan fingerprint density at radius 2 is 2.06 bits per heavy atom. The van der Waals surface area contributed by atoms with Crippen LogP contribution in [-0.4, -0.2) is 25.6 Å². The largest absolute Gasteiger partial charge is 0.493 e. The monoisotopic (exact) mass is 250 g/mol. The van der Waals surface area contributed by atoms with Crippen molar-refractivity contribution in [1.82, 2.24) is 5.32 Å².